The third-order valence-corrected chi connectivity index (χ3v) is 8.09. The lowest BCUT2D eigenvalue weighted by molar-refractivity contribution is 0.254. The molecule has 0 spiro atoms. The van der Waals surface area contributed by atoms with Crippen molar-refractivity contribution in [2.75, 3.05) is 32.8 Å². The second-order valence-electron chi connectivity index (χ2n) is 11.8. The van der Waals surface area contributed by atoms with Gasteiger partial charge in [0.1, 0.15) is 0 Å². The van der Waals surface area contributed by atoms with Crippen LogP contribution >= 0.6 is 0 Å². The molecule has 3 nitrogen and oxygen atoms in total. The maximum Gasteiger partial charge on any atom is 0.0431 e. The van der Waals surface area contributed by atoms with Crippen molar-refractivity contribution in [3.63, 3.8) is 0 Å². The minimum atomic E-state index is 0.363. The molecule has 224 valence electrons. The highest BCUT2D eigenvalue weighted by atomic mass is 16.3. The number of aliphatic hydroxyl groups excluding tert-OH is 2. The summed E-state index contributed by atoms with van der Waals surface area (Å²) >= 11 is 0. The average molecular weight is 526 g/mol. The van der Waals surface area contributed by atoms with E-state index in [-0.39, 0.29) is 0 Å². The zero-order valence-corrected chi connectivity index (χ0v) is 25.7. The lowest BCUT2D eigenvalue weighted by Crippen LogP contribution is -2.27. The van der Waals surface area contributed by atoms with Gasteiger partial charge in [-0.3, -0.25) is 0 Å². The van der Waals surface area contributed by atoms with Crippen LogP contribution in [0, 0.1) is 0 Å². The van der Waals surface area contributed by atoms with Gasteiger partial charge in [0.2, 0.25) is 0 Å². The van der Waals surface area contributed by atoms with Crippen molar-refractivity contribution < 1.29 is 10.2 Å². The highest BCUT2D eigenvalue weighted by Gasteiger charge is 2.05. The Balaban J connectivity index is 3.87. The average Bonchev–Trinajstić information content (AvgIpc) is 2.91. The van der Waals surface area contributed by atoms with Gasteiger partial charge in [-0.05, 0) is 51.7 Å². The molecular weight excluding hydrogens is 454 g/mol. The fourth-order valence-corrected chi connectivity index (χ4v) is 5.53. The SMILES string of the molecule is CCCCCCCCCCCCN(CCCCCCCCCCCO)CCCCCCCCCCCO. The molecule has 0 saturated heterocycles. The molecule has 0 aromatic heterocycles. The van der Waals surface area contributed by atoms with E-state index in [2.05, 4.69) is 11.8 Å². The molecular formula is C34H71NO2. The molecule has 0 heterocycles. The molecule has 0 saturated carbocycles. The van der Waals surface area contributed by atoms with E-state index in [0.29, 0.717) is 13.2 Å². The van der Waals surface area contributed by atoms with Crippen molar-refractivity contribution in [2.24, 2.45) is 0 Å². The molecule has 0 aromatic rings. The van der Waals surface area contributed by atoms with Gasteiger partial charge in [-0.1, -0.05) is 155 Å². The van der Waals surface area contributed by atoms with Crippen LogP contribution in [0.1, 0.15) is 187 Å². The number of unbranched alkanes of at least 4 members (excludes halogenated alkanes) is 25. The Labute approximate surface area is 234 Å². The number of aliphatic hydroxyl groups is 2. The molecule has 0 aliphatic rings. The van der Waals surface area contributed by atoms with Gasteiger partial charge in [-0.2, -0.15) is 0 Å². The van der Waals surface area contributed by atoms with Crippen LogP contribution in [0.15, 0.2) is 0 Å². The molecule has 0 aliphatic carbocycles. The Hall–Kier alpha value is -0.120. The monoisotopic (exact) mass is 526 g/mol. The summed E-state index contributed by atoms with van der Waals surface area (Å²) in [6, 6.07) is 0. The highest BCUT2D eigenvalue weighted by Crippen LogP contribution is 2.14. The van der Waals surface area contributed by atoms with Crippen molar-refractivity contribution in [3.05, 3.63) is 0 Å². The highest BCUT2D eigenvalue weighted by molar-refractivity contribution is 4.61. The summed E-state index contributed by atoms with van der Waals surface area (Å²) < 4.78 is 0. The molecule has 0 radical (unpaired) electrons. The van der Waals surface area contributed by atoms with E-state index in [1.165, 1.54) is 187 Å². The van der Waals surface area contributed by atoms with E-state index in [0.717, 1.165) is 12.8 Å². The standard InChI is InChI=1S/C34H71NO2/c1-2-3-4-5-6-7-10-15-20-25-30-35(31-26-21-16-11-8-13-18-23-28-33-36)32-27-22-17-12-9-14-19-24-29-34-37/h36-37H,2-34H2,1H3. The summed E-state index contributed by atoms with van der Waals surface area (Å²) in [7, 11) is 0. The predicted molar refractivity (Wildman–Crippen MR) is 166 cm³/mol. The van der Waals surface area contributed by atoms with Crippen LogP contribution in [0.4, 0.5) is 0 Å². The minimum absolute atomic E-state index is 0.363. The summed E-state index contributed by atoms with van der Waals surface area (Å²) in [4.78, 5) is 2.80. The van der Waals surface area contributed by atoms with Gasteiger partial charge in [0.15, 0.2) is 0 Å². The van der Waals surface area contributed by atoms with Crippen molar-refractivity contribution >= 4 is 0 Å². The van der Waals surface area contributed by atoms with E-state index in [1.807, 2.05) is 0 Å². The summed E-state index contributed by atoms with van der Waals surface area (Å²) in [6.07, 6.45) is 38.0. The van der Waals surface area contributed by atoms with E-state index in [4.69, 9.17) is 10.2 Å². The van der Waals surface area contributed by atoms with Crippen molar-refractivity contribution in [1.82, 2.24) is 4.90 Å². The lowest BCUT2D eigenvalue weighted by Gasteiger charge is -2.22. The van der Waals surface area contributed by atoms with Gasteiger partial charge in [0.25, 0.3) is 0 Å². The Morgan fingerprint density at radius 3 is 0.757 bits per heavy atom. The summed E-state index contributed by atoms with van der Waals surface area (Å²) in [5.74, 6) is 0. The molecule has 0 atom stereocenters. The van der Waals surface area contributed by atoms with Gasteiger partial charge in [0, 0.05) is 13.2 Å². The molecule has 0 unspecified atom stereocenters. The number of hydrogen-bond acceptors (Lipinski definition) is 3. The smallest absolute Gasteiger partial charge is 0.0431 e. The Morgan fingerprint density at radius 2 is 0.514 bits per heavy atom. The number of rotatable bonds is 33. The molecule has 0 fully saturated rings. The summed E-state index contributed by atoms with van der Waals surface area (Å²) in [5.41, 5.74) is 0. The van der Waals surface area contributed by atoms with E-state index >= 15 is 0 Å². The topological polar surface area (TPSA) is 43.7 Å². The number of hydrogen-bond donors (Lipinski definition) is 2. The Kier molecular flexibility index (Phi) is 33.8. The fraction of sp³-hybridized carbons (Fsp3) is 1.00. The maximum absolute atomic E-state index is 8.87. The van der Waals surface area contributed by atoms with E-state index < -0.39 is 0 Å². The predicted octanol–water partition coefficient (Wildman–Crippen LogP) is 10.2. The van der Waals surface area contributed by atoms with E-state index in [9.17, 15) is 0 Å². The van der Waals surface area contributed by atoms with Gasteiger partial charge < -0.3 is 15.1 Å². The van der Waals surface area contributed by atoms with E-state index in [1.54, 1.807) is 0 Å². The van der Waals surface area contributed by atoms with Crippen LogP contribution in [0.3, 0.4) is 0 Å². The zero-order chi connectivity index (χ0) is 26.9. The van der Waals surface area contributed by atoms with Gasteiger partial charge in [0.05, 0.1) is 0 Å². The van der Waals surface area contributed by atoms with Crippen LogP contribution in [0.2, 0.25) is 0 Å². The van der Waals surface area contributed by atoms with Crippen LogP contribution in [0.5, 0.6) is 0 Å². The molecule has 0 rings (SSSR count). The normalized spacial score (nSPS) is 11.7. The first kappa shape index (κ1) is 36.9. The second kappa shape index (κ2) is 33.9. The second-order valence-corrected chi connectivity index (χ2v) is 11.8. The van der Waals surface area contributed by atoms with Crippen LogP contribution in [0.25, 0.3) is 0 Å². The van der Waals surface area contributed by atoms with Crippen molar-refractivity contribution in [1.29, 1.82) is 0 Å². The molecule has 37 heavy (non-hydrogen) atoms. The molecule has 0 aliphatic heterocycles. The van der Waals surface area contributed by atoms with Crippen molar-refractivity contribution in [3.8, 4) is 0 Å². The van der Waals surface area contributed by atoms with Gasteiger partial charge >= 0.3 is 0 Å². The quantitative estimate of drug-likeness (QED) is 0.0837. The van der Waals surface area contributed by atoms with Crippen LogP contribution in [-0.2, 0) is 0 Å². The third-order valence-electron chi connectivity index (χ3n) is 8.09. The summed E-state index contributed by atoms with van der Waals surface area (Å²) in [6.45, 7) is 6.99. The van der Waals surface area contributed by atoms with Gasteiger partial charge in [-0.15, -0.1) is 0 Å². The molecule has 0 aromatic carbocycles. The third kappa shape index (κ3) is 32.0. The first-order valence-electron chi connectivity index (χ1n) is 17.3. The first-order chi connectivity index (χ1) is 18.3. The van der Waals surface area contributed by atoms with Crippen molar-refractivity contribution in [2.45, 2.75) is 187 Å². The first-order valence-corrected chi connectivity index (χ1v) is 17.3. The van der Waals surface area contributed by atoms with Gasteiger partial charge in [-0.25, -0.2) is 0 Å². The largest absolute Gasteiger partial charge is 0.396 e. The Morgan fingerprint density at radius 1 is 0.297 bits per heavy atom. The molecule has 0 bridgehead atoms. The molecule has 3 heteroatoms. The zero-order valence-electron chi connectivity index (χ0n) is 25.7. The molecule has 0 amide bonds. The maximum atomic E-state index is 8.87. The van der Waals surface area contributed by atoms with Crippen LogP contribution in [-0.4, -0.2) is 48.0 Å². The summed E-state index contributed by atoms with van der Waals surface area (Å²) in [5, 5.41) is 17.7. The van der Waals surface area contributed by atoms with Crippen LogP contribution < -0.4 is 0 Å². The lowest BCUT2D eigenvalue weighted by atomic mass is 10.1. The Bertz CT molecular complexity index is 333. The molecule has 2 N–H and O–H groups in total. The minimum Gasteiger partial charge on any atom is -0.396 e. The number of nitrogens with zero attached hydrogens (tertiary/aromatic N) is 1. The fourth-order valence-electron chi connectivity index (χ4n) is 5.53.